The summed E-state index contributed by atoms with van der Waals surface area (Å²) < 4.78 is 31.9. The topological polar surface area (TPSA) is 94.8 Å². The van der Waals surface area contributed by atoms with Crippen LogP contribution in [-0.2, 0) is 10.1 Å². The van der Waals surface area contributed by atoms with E-state index < -0.39 is 10.1 Å². The lowest BCUT2D eigenvalue weighted by Crippen LogP contribution is -2.01. The molecule has 0 aromatic heterocycles. The van der Waals surface area contributed by atoms with Gasteiger partial charge < -0.3 is 10.2 Å². The molecular formula is C13H12O5S. The minimum absolute atomic E-state index is 0.247. The molecule has 0 atom stereocenters. The number of phenolic OH excluding ortho intramolecular Hbond substituents is 2. The molecule has 5 nitrogen and oxygen atoms in total. The van der Waals surface area contributed by atoms with Crippen LogP contribution in [0.15, 0.2) is 41.3 Å². The minimum atomic E-state index is -4.37. The smallest absolute Gasteiger partial charge is 0.295 e. The van der Waals surface area contributed by atoms with E-state index in [1.807, 2.05) is 0 Å². The zero-order valence-corrected chi connectivity index (χ0v) is 10.8. The molecule has 0 heterocycles. The molecule has 0 aliphatic carbocycles. The van der Waals surface area contributed by atoms with Crippen molar-refractivity contribution >= 4 is 10.1 Å². The van der Waals surface area contributed by atoms with Crippen molar-refractivity contribution in [3.05, 3.63) is 42.0 Å². The van der Waals surface area contributed by atoms with Gasteiger partial charge in [0, 0.05) is 5.56 Å². The summed E-state index contributed by atoms with van der Waals surface area (Å²) in [6, 6.07) is 8.38. The van der Waals surface area contributed by atoms with Crippen molar-refractivity contribution in [2.75, 3.05) is 0 Å². The molecule has 0 spiro atoms. The van der Waals surface area contributed by atoms with E-state index in [2.05, 4.69) is 0 Å². The summed E-state index contributed by atoms with van der Waals surface area (Å²) in [5.41, 5.74) is 1.44. The van der Waals surface area contributed by atoms with Crippen LogP contribution in [-0.4, -0.2) is 23.2 Å². The van der Waals surface area contributed by atoms with Crippen molar-refractivity contribution in [2.45, 2.75) is 11.8 Å². The van der Waals surface area contributed by atoms with Crippen LogP contribution in [0.25, 0.3) is 11.1 Å². The average molecular weight is 280 g/mol. The van der Waals surface area contributed by atoms with Crippen molar-refractivity contribution in [1.82, 2.24) is 0 Å². The predicted octanol–water partition coefficient (Wildman–Crippen LogP) is 2.32. The Morgan fingerprint density at radius 1 is 0.947 bits per heavy atom. The Hall–Kier alpha value is -2.05. The molecule has 0 fully saturated rings. The second-order valence-corrected chi connectivity index (χ2v) is 5.57. The highest BCUT2D eigenvalue weighted by Crippen LogP contribution is 2.34. The van der Waals surface area contributed by atoms with Gasteiger partial charge in [-0.15, -0.1) is 0 Å². The number of hydrogen-bond donors (Lipinski definition) is 3. The lowest BCUT2D eigenvalue weighted by Gasteiger charge is -2.09. The highest BCUT2D eigenvalue weighted by molar-refractivity contribution is 7.86. The summed E-state index contributed by atoms with van der Waals surface area (Å²) in [7, 11) is -4.37. The van der Waals surface area contributed by atoms with Gasteiger partial charge in [0.1, 0.15) is 4.90 Å². The normalized spacial score (nSPS) is 11.5. The van der Waals surface area contributed by atoms with Crippen LogP contribution in [0.4, 0.5) is 0 Å². The van der Waals surface area contributed by atoms with E-state index >= 15 is 0 Å². The van der Waals surface area contributed by atoms with E-state index in [0.717, 1.165) is 5.56 Å². The third-order valence-corrected chi connectivity index (χ3v) is 3.61. The van der Waals surface area contributed by atoms with Gasteiger partial charge in [-0.05, 0) is 30.7 Å². The van der Waals surface area contributed by atoms with Crippen LogP contribution >= 0.6 is 0 Å². The molecule has 2 aromatic rings. The Balaban J connectivity index is 2.73. The molecule has 2 rings (SSSR count). The van der Waals surface area contributed by atoms with Crippen LogP contribution in [0.3, 0.4) is 0 Å². The number of hydrogen-bond acceptors (Lipinski definition) is 4. The maximum Gasteiger partial charge on any atom is 0.295 e. The van der Waals surface area contributed by atoms with Crippen molar-refractivity contribution in [2.24, 2.45) is 0 Å². The van der Waals surface area contributed by atoms with Crippen LogP contribution in [0, 0.1) is 6.92 Å². The van der Waals surface area contributed by atoms with E-state index in [-0.39, 0.29) is 22.0 Å². The molecule has 2 aromatic carbocycles. The van der Waals surface area contributed by atoms with E-state index in [0.29, 0.717) is 5.56 Å². The maximum absolute atomic E-state index is 11.3. The van der Waals surface area contributed by atoms with Crippen molar-refractivity contribution in [1.29, 1.82) is 0 Å². The van der Waals surface area contributed by atoms with Crippen LogP contribution in [0.5, 0.6) is 11.5 Å². The molecule has 0 unspecified atom stereocenters. The first-order valence-corrected chi connectivity index (χ1v) is 6.83. The van der Waals surface area contributed by atoms with Crippen LogP contribution in [0.2, 0.25) is 0 Å². The molecule has 19 heavy (non-hydrogen) atoms. The monoisotopic (exact) mass is 280 g/mol. The Bertz CT molecular complexity index is 735. The van der Waals surface area contributed by atoms with E-state index in [1.165, 1.54) is 24.3 Å². The molecule has 0 saturated carbocycles. The van der Waals surface area contributed by atoms with E-state index in [9.17, 15) is 23.2 Å². The second-order valence-electron chi connectivity index (χ2n) is 4.18. The van der Waals surface area contributed by atoms with Crippen LogP contribution < -0.4 is 0 Å². The summed E-state index contributed by atoms with van der Waals surface area (Å²) in [4.78, 5) is -0.247. The lowest BCUT2D eigenvalue weighted by molar-refractivity contribution is 0.404. The number of rotatable bonds is 2. The Labute approximate surface area is 110 Å². The van der Waals surface area contributed by atoms with Gasteiger partial charge in [-0.1, -0.05) is 23.8 Å². The van der Waals surface area contributed by atoms with Crippen molar-refractivity contribution in [3.8, 4) is 22.6 Å². The Morgan fingerprint density at radius 2 is 1.63 bits per heavy atom. The largest absolute Gasteiger partial charge is 0.504 e. The average Bonchev–Trinajstić information content (AvgIpc) is 2.31. The van der Waals surface area contributed by atoms with Gasteiger partial charge in [-0.3, -0.25) is 4.55 Å². The summed E-state index contributed by atoms with van der Waals surface area (Å²) in [6.07, 6.45) is 0. The van der Waals surface area contributed by atoms with Gasteiger partial charge in [0.2, 0.25) is 0 Å². The van der Waals surface area contributed by atoms with Crippen molar-refractivity contribution in [3.63, 3.8) is 0 Å². The lowest BCUT2D eigenvalue weighted by atomic mass is 10.0. The fourth-order valence-electron chi connectivity index (χ4n) is 1.79. The summed E-state index contributed by atoms with van der Waals surface area (Å²) in [6.45, 7) is 1.78. The van der Waals surface area contributed by atoms with Gasteiger partial charge in [-0.25, -0.2) is 0 Å². The Morgan fingerprint density at radius 3 is 2.21 bits per heavy atom. The number of phenols is 2. The maximum atomic E-state index is 11.3. The Kier molecular flexibility index (Phi) is 3.21. The number of aromatic hydroxyl groups is 2. The summed E-state index contributed by atoms with van der Waals surface area (Å²) >= 11 is 0. The van der Waals surface area contributed by atoms with Gasteiger partial charge in [0.05, 0.1) is 0 Å². The fourth-order valence-corrected chi connectivity index (χ4v) is 2.48. The van der Waals surface area contributed by atoms with Crippen molar-refractivity contribution < 1.29 is 23.2 Å². The number of benzene rings is 2. The molecule has 100 valence electrons. The van der Waals surface area contributed by atoms with Crippen LogP contribution in [0.1, 0.15) is 5.56 Å². The molecule has 6 heteroatoms. The third kappa shape index (κ3) is 2.69. The van der Waals surface area contributed by atoms with E-state index in [4.69, 9.17) is 0 Å². The zero-order valence-electron chi connectivity index (χ0n) is 10.0. The molecular weight excluding hydrogens is 268 g/mol. The molecule has 0 aliphatic heterocycles. The molecule has 0 radical (unpaired) electrons. The molecule has 0 bridgehead atoms. The van der Waals surface area contributed by atoms with Gasteiger partial charge in [0.15, 0.2) is 11.5 Å². The van der Waals surface area contributed by atoms with E-state index in [1.54, 1.807) is 19.1 Å². The first-order valence-electron chi connectivity index (χ1n) is 5.39. The molecule has 0 amide bonds. The third-order valence-electron chi connectivity index (χ3n) is 2.70. The highest BCUT2D eigenvalue weighted by atomic mass is 32.2. The quantitative estimate of drug-likeness (QED) is 0.579. The number of aryl methyl sites for hydroxylation is 1. The highest BCUT2D eigenvalue weighted by Gasteiger charge is 2.17. The molecule has 0 aliphatic rings. The standard InChI is InChI=1S/C13H12O5S/c1-8-2-5-13(19(16,17)18)10(6-8)9-3-4-11(14)12(15)7-9/h2-7,14-15H,1H3,(H,16,17,18). The summed E-state index contributed by atoms with van der Waals surface area (Å²) in [5, 5.41) is 18.7. The second kappa shape index (κ2) is 4.56. The summed E-state index contributed by atoms with van der Waals surface area (Å²) in [5.74, 6) is -0.662. The SMILES string of the molecule is Cc1ccc(S(=O)(=O)O)c(-c2ccc(O)c(O)c2)c1. The molecule has 3 N–H and O–H groups in total. The predicted molar refractivity (Wildman–Crippen MR) is 69.8 cm³/mol. The first kappa shape index (κ1) is 13.4. The fraction of sp³-hybridized carbons (Fsp3) is 0.0769. The zero-order chi connectivity index (χ0) is 14.2. The molecule has 0 saturated heterocycles. The van der Waals surface area contributed by atoms with Gasteiger partial charge >= 0.3 is 0 Å². The van der Waals surface area contributed by atoms with Gasteiger partial charge in [0.25, 0.3) is 10.1 Å². The minimum Gasteiger partial charge on any atom is -0.504 e. The van der Waals surface area contributed by atoms with Gasteiger partial charge in [-0.2, -0.15) is 8.42 Å². The first-order chi connectivity index (χ1) is 8.79.